The molecule has 0 spiro atoms. The number of piperazine rings is 1. The number of carbonyl (C=O) groups excluding carboxylic acids is 1. The third-order valence-electron chi connectivity index (χ3n) is 5.95. The minimum Gasteiger partial charge on any atom is -0.353 e. The van der Waals surface area contributed by atoms with Gasteiger partial charge in [0.15, 0.2) is 0 Å². The van der Waals surface area contributed by atoms with Crippen LogP contribution in [0.3, 0.4) is 0 Å². The lowest BCUT2D eigenvalue weighted by Crippen LogP contribution is -2.49. The molecule has 2 heterocycles. The van der Waals surface area contributed by atoms with Crippen molar-refractivity contribution in [2.45, 2.75) is 32.1 Å². The first-order valence-electron chi connectivity index (χ1n) is 10.6. The number of sulfone groups is 1. The molecule has 0 N–H and O–H groups in total. The maximum absolute atomic E-state index is 12.9. The molecule has 0 bridgehead atoms. The maximum Gasteiger partial charge on any atom is 0.253 e. The van der Waals surface area contributed by atoms with Crippen LogP contribution in [-0.4, -0.2) is 62.4 Å². The molecule has 2 aromatic rings. The van der Waals surface area contributed by atoms with Gasteiger partial charge in [-0.25, -0.2) is 13.4 Å². The number of benzene rings is 1. The van der Waals surface area contributed by atoms with Gasteiger partial charge in [0, 0.05) is 44.2 Å². The molecule has 160 valence electrons. The van der Waals surface area contributed by atoms with Crippen molar-refractivity contribution in [2.24, 2.45) is 0 Å². The van der Waals surface area contributed by atoms with Gasteiger partial charge in [0.2, 0.25) is 0 Å². The molecular formula is C23H29N3O3S. The highest BCUT2D eigenvalue weighted by Crippen LogP contribution is 2.40. The maximum atomic E-state index is 12.9. The topological polar surface area (TPSA) is 70.6 Å². The molecule has 4 rings (SSSR count). The van der Waals surface area contributed by atoms with Gasteiger partial charge in [-0.1, -0.05) is 18.2 Å². The van der Waals surface area contributed by atoms with E-state index in [2.05, 4.69) is 17.9 Å². The molecule has 6 nitrogen and oxygen atoms in total. The SMILES string of the molecule is Cc1cc(C2CC2)cnc1N1CCN(C(=O)c2ccc(CCS(C)(=O)=O)cc2)CC1. The fourth-order valence-corrected chi connectivity index (χ4v) is 4.59. The van der Waals surface area contributed by atoms with Crippen LogP contribution in [0.5, 0.6) is 0 Å². The second kappa shape index (κ2) is 8.38. The third-order valence-corrected chi connectivity index (χ3v) is 6.90. The van der Waals surface area contributed by atoms with Gasteiger partial charge in [0.05, 0.1) is 5.75 Å². The lowest BCUT2D eigenvalue weighted by atomic mass is 10.1. The molecule has 1 aliphatic carbocycles. The molecule has 0 unspecified atom stereocenters. The third kappa shape index (κ3) is 5.01. The summed E-state index contributed by atoms with van der Waals surface area (Å²) in [5, 5.41) is 0. The van der Waals surface area contributed by atoms with E-state index >= 15 is 0 Å². The van der Waals surface area contributed by atoms with Crippen LogP contribution in [0.25, 0.3) is 0 Å². The molecule has 30 heavy (non-hydrogen) atoms. The van der Waals surface area contributed by atoms with Crippen molar-refractivity contribution in [3.05, 3.63) is 58.8 Å². The average molecular weight is 428 g/mol. The minimum atomic E-state index is -2.99. The summed E-state index contributed by atoms with van der Waals surface area (Å²) < 4.78 is 22.6. The van der Waals surface area contributed by atoms with Crippen molar-refractivity contribution in [2.75, 3.05) is 43.1 Å². The molecule has 1 saturated carbocycles. The van der Waals surface area contributed by atoms with E-state index in [-0.39, 0.29) is 11.7 Å². The van der Waals surface area contributed by atoms with Crippen molar-refractivity contribution in [3.63, 3.8) is 0 Å². The molecule has 0 atom stereocenters. The van der Waals surface area contributed by atoms with Gasteiger partial charge in [-0.2, -0.15) is 0 Å². The van der Waals surface area contributed by atoms with Crippen LogP contribution < -0.4 is 4.90 Å². The van der Waals surface area contributed by atoms with E-state index in [0.717, 1.165) is 24.5 Å². The number of carbonyl (C=O) groups is 1. The number of anilines is 1. The van der Waals surface area contributed by atoms with Gasteiger partial charge >= 0.3 is 0 Å². The summed E-state index contributed by atoms with van der Waals surface area (Å²) in [5.41, 5.74) is 4.14. The summed E-state index contributed by atoms with van der Waals surface area (Å²) in [6, 6.07) is 9.57. The van der Waals surface area contributed by atoms with Crippen LogP contribution in [0.1, 0.15) is 45.8 Å². The van der Waals surface area contributed by atoms with Crippen molar-refractivity contribution in [1.82, 2.24) is 9.88 Å². The summed E-state index contributed by atoms with van der Waals surface area (Å²) in [5.74, 6) is 1.88. The predicted molar refractivity (Wildman–Crippen MR) is 119 cm³/mol. The van der Waals surface area contributed by atoms with Gasteiger partial charge in [-0.15, -0.1) is 0 Å². The molecule has 1 aliphatic heterocycles. The van der Waals surface area contributed by atoms with E-state index in [9.17, 15) is 13.2 Å². The largest absolute Gasteiger partial charge is 0.353 e. The summed E-state index contributed by atoms with van der Waals surface area (Å²) in [6.45, 7) is 5.00. The Balaban J connectivity index is 1.34. The first-order chi connectivity index (χ1) is 14.3. The van der Waals surface area contributed by atoms with Crippen LogP contribution in [0.15, 0.2) is 36.5 Å². The minimum absolute atomic E-state index is 0.0260. The summed E-state index contributed by atoms with van der Waals surface area (Å²) in [6.07, 6.45) is 6.28. The van der Waals surface area contributed by atoms with Crippen molar-refractivity contribution in [1.29, 1.82) is 0 Å². The zero-order chi connectivity index (χ0) is 21.3. The molecule has 2 fully saturated rings. The van der Waals surface area contributed by atoms with Gasteiger partial charge in [0.1, 0.15) is 15.7 Å². The first kappa shape index (κ1) is 20.8. The second-order valence-electron chi connectivity index (χ2n) is 8.54. The van der Waals surface area contributed by atoms with Crippen LogP contribution in [0.4, 0.5) is 5.82 Å². The highest BCUT2D eigenvalue weighted by Gasteiger charge is 2.26. The van der Waals surface area contributed by atoms with E-state index in [4.69, 9.17) is 4.98 Å². The quantitative estimate of drug-likeness (QED) is 0.709. The van der Waals surface area contributed by atoms with Gasteiger partial charge in [0.25, 0.3) is 5.91 Å². The number of nitrogens with zero attached hydrogens (tertiary/aromatic N) is 3. The molecule has 2 aliphatic rings. The lowest BCUT2D eigenvalue weighted by molar-refractivity contribution is 0.0746. The lowest BCUT2D eigenvalue weighted by Gasteiger charge is -2.36. The van der Waals surface area contributed by atoms with Crippen molar-refractivity contribution >= 4 is 21.6 Å². The zero-order valence-electron chi connectivity index (χ0n) is 17.7. The van der Waals surface area contributed by atoms with E-state index in [0.29, 0.717) is 31.0 Å². The van der Waals surface area contributed by atoms with Crippen molar-refractivity contribution in [3.8, 4) is 0 Å². The summed E-state index contributed by atoms with van der Waals surface area (Å²) in [4.78, 5) is 21.7. The fourth-order valence-electron chi connectivity index (χ4n) is 3.98. The normalized spacial score (nSPS) is 17.3. The number of hydrogen-bond acceptors (Lipinski definition) is 5. The highest BCUT2D eigenvalue weighted by molar-refractivity contribution is 7.90. The summed E-state index contributed by atoms with van der Waals surface area (Å²) >= 11 is 0. The number of amides is 1. The zero-order valence-corrected chi connectivity index (χ0v) is 18.5. The van der Waals surface area contributed by atoms with Crippen LogP contribution in [0, 0.1) is 6.92 Å². The number of aromatic nitrogens is 1. The van der Waals surface area contributed by atoms with Crippen LogP contribution in [-0.2, 0) is 16.3 Å². The van der Waals surface area contributed by atoms with E-state index in [1.807, 2.05) is 23.2 Å². The van der Waals surface area contributed by atoms with E-state index in [1.165, 1.54) is 30.2 Å². The molecule has 1 aromatic carbocycles. The number of rotatable bonds is 6. The van der Waals surface area contributed by atoms with Crippen molar-refractivity contribution < 1.29 is 13.2 Å². The Morgan fingerprint density at radius 2 is 1.77 bits per heavy atom. The number of aryl methyl sites for hydroxylation is 2. The van der Waals surface area contributed by atoms with Gasteiger partial charge in [-0.05, 0) is 60.9 Å². The first-order valence-corrected chi connectivity index (χ1v) is 12.6. The van der Waals surface area contributed by atoms with E-state index < -0.39 is 9.84 Å². The predicted octanol–water partition coefficient (Wildman–Crippen LogP) is 2.82. The monoisotopic (exact) mass is 427 g/mol. The molecule has 1 aromatic heterocycles. The Labute approximate surface area is 178 Å². The Hall–Kier alpha value is -2.41. The highest BCUT2D eigenvalue weighted by atomic mass is 32.2. The molecule has 1 amide bonds. The molecule has 1 saturated heterocycles. The Morgan fingerprint density at radius 1 is 1.10 bits per heavy atom. The number of pyridine rings is 1. The fraction of sp³-hybridized carbons (Fsp3) is 0.478. The number of hydrogen-bond donors (Lipinski definition) is 0. The van der Waals surface area contributed by atoms with Crippen LogP contribution >= 0.6 is 0 Å². The second-order valence-corrected chi connectivity index (χ2v) is 10.8. The smallest absolute Gasteiger partial charge is 0.253 e. The average Bonchev–Trinajstić information content (AvgIpc) is 3.57. The standard InChI is InChI=1S/C23H29N3O3S/c1-17-15-21(19-7-8-19)16-24-22(17)25-10-12-26(13-11-25)23(27)20-5-3-18(4-6-20)9-14-30(2,28)29/h3-6,15-16,19H,7-14H2,1-2H3. The summed E-state index contributed by atoms with van der Waals surface area (Å²) in [7, 11) is -2.99. The van der Waals surface area contributed by atoms with E-state index in [1.54, 1.807) is 12.1 Å². The molecule has 7 heteroatoms. The van der Waals surface area contributed by atoms with Crippen LogP contribution in [0.2, 0.25) is 0 Å². The molecular weight excluding hydrogens is 398 g/mol. The molecule has 0 radical (unpaired) electrons. The van der Waals surface area contributed by atoms with Gasteiger partial charge in [-0.3, -0.25) is 4.79 Å². The Morgan fingerprint density at radius 3 is 2.33 bits per heavy atom. The Bertz CT molecular complexity index is 1020. The Kier molecular flexibility index (Phi) is 5.82. The van der Waals surface area contributed by atoms with Gasteiger partial charge < -0.3 is 9.80 Å².